The summed E-state index contributed by atoms with van der Waals surface area (Å²) in [6, 6.07) is 9.80. The van der Waals surface area contributed by atoms with Gasteiger partial charge in [0.25, 0.3) is 0 Å². The molecule has 0 saturated carbocycles. The van der Waals surface area contributed by atoms with E-state index in [2.05, 4.69) is 14.9 Å². The van der Waals surface area contributed by atoms with Crippen molar-refractivity contribution >= 4 is 0 Å². The Labute approximate surface area is 127 Å². The Balaban J connectivity index is 1.83. The van der Waals surface area contributed by atoms with Crippen LogP contribution in [0.15, 0.2) is 58.0 Å². The van der Waals surface area contributed by atoms with Gasteiger partial charge in [-0.05, 0) is 30.3 Å². The fourth-order valence-electron chi connectivity index (χ4n) is 1.94. The summed E-state index contributed by atoms with van der Waals surface area (Å²) in [5.74, 6) is 0.109. The lowest BCUT2D eigenvalue weighted by Gasteiger charge is -2.08. The molecule has 5 nitrogen and oxygen atoms in total. The topological polar surface area (TPSA) is 68.1 Å². The Morgan fingerprint density at radius 1 is 1.04 bits per heavy atom. The smallest absolute Gasteiger partial charge is 0.406 e. The third kappa shape index (κ3) is 3.60. The van der Waals surface area contributed by atoms with Crippen LogP contribution in [-0.2, 0) is 0 Å². The lowest BCUT2D eigenvalue weighted by Crippen LogP contribution is -2.16. The number of aromatic amines is 1. The molecule has 8 heteroatoms. The monoisotopic (exact) mass is 322 g/mol. The van der Waals surface area contributed by atoms with Gasteiger partial charge in [0.15, 0.2) is 5.76 Å². The summed E-state index contributed by atoms with van der Waals surface area (Å²) in [6.45, 7) is 0. The van der Waals surface area contributed by atoms with Crippen molar-refractivity contribution in [3.63, 3.8) is 0 Å². The molecule has 0 aliphatic carbocycles. The number of nitrogens with zero attached hydrogens (tertiary/aromatic N) is 1. The van der Waals surface area contributed by atoms with Gasteiger partial charge in [0.1, 0.15) is 11.4 Å². The first-order valence-electron chi connectivity index (χ1n) is 6.43. The van der Waals surface area contributed by atoms with Crippen LogP contribution >= 0.6 is 0 Å². The van der Waals surface area contributed by atoms with Crippen molar-refractivity contribution < 1.29 is 22.4 Å². The van der Waals surface area contributed by atoms with Crippen LogP contribution in [0, 0.1) is 0 Å². The van der Waals surface area contributed by atoms with Crippen LogP contribution in [-0.4, -0.2) is 16.5 Å². The molecule has 0 amide bonds. The highest BCUT2D eigenvalue weighted by Gasteiger charge is 2.31. The molecule has 23 heavy (non-hydrogen) atoms. The molecule has 0 bridgehead atoms. The molecule has 0 spiro atoms. The molecular formula is C15H9F3N2O3. The van der Waals surface area contributed by atoms with Crippen molar-refractivity contribution in [3.8, 4) is 28.3 Å². The first-order chi connectivity index (χ1) is 10.9. The van der Waals surface area contributed by atoms with E-state index in [9.17, 15) is 18.0 Å². The number of nitrogens with one attached hydrogen (secondary N) is 1. The molecule has 0 aliphatic heterocycles. The number of aromatic nitrogens is 2. The first-order valence-corrected chi connectivity index (χ1v) is 6.43. The molecule has 0 saturated heterocycles. The number of hydrogen-bond donors (Lipinski definition) is 1. The Morgan fingerprint density at radius 2 is 1.74 bits per heavy atom. The molecular weight excluding hydrogens is 313 g/mol. The molecule has 0 atom stereocenters. The predicted octanol–water partition coefficient (Wildman–Crippen LogP) is 3.60. The zero-order chi connectivity index (χ0) is 16.4. The van der Waals surface area contributed by atoms with Gasteiger partial charge in [-0.15, -0.1) is 13.2 Å². The van der Waals surface area contributed by atoms with Gasteiger partial charge < -0.3 is 14.2 Å². The lowest BCUT2D eigenvalue weighted by molar-refractivity contribution is -0.274. The molecule has 0 aliphatic rings. The molecule has 0 unspecified atom stereocenters. The molecule has 118 valence electrons. The van der Waals surface area contributed by atoms with Gasteiger partial charge in [-0.2, -0.15) is 0 Å². The van der Waals surface area contributed by atoms with Crippen molar-refractivity contribution in [2.24, 2.45) is 0 Å². The number of hydrogen-bond acceptors (Lipinski definition) is 4. The quantitative estimate of drug-likeness (QED) is 0.800. The van der Waals surface area contributed by atoms with Crippen LogP contribution in [0.5, 0.6) is 5.75 Å². The van der Waals surface area contributed by atoms with Gasteiger partial charge in [-0.1, -0.05) is 5.16 Å². The molecule has 0 radical (unpaired) electrons. The maximum Gasteiger partial charge on any atom is 0.573 e. The minimum absolute atomic E-state index is 0.242. The minimum atomic E-state index is -4.73. The zero-order valence-corrected chi connectivity index (χ0v) is 11.4. The van der Waals surface area contributed by atoms with Gasteiger partial charge in [0.2, 0.25) is 5.56 Å². The number of alkyl halides is 3. The predicted molar refractivity (Wildman–Crippen MR) is 74.7 cm³/mol. The Bertz CT molecular complexity index is 846. The van der Waals surface area contributed by atoms with E-state index in [1.807, 2.05) is 0 Å². The summed E-state index contributed by atoms with van der Waals surface area (Å²) in [5, 5.41) is 3.86. The summed E-state index contributed by atoms with van der Waals surface area (Å²) in [6.07, 6.45) is -3.25. The van der Waals surface area contributed by atoms with Gasteiger partial charge in [-0.25, -0.2) is 0 Å². The van der Waals surface area contributed by atoms with Gasteiger partial charge in [-0.3, -0.25) is 4.79 Å². The van der Waals surface area contributed by atoms with E-state index in [1.165, 1.54) is 36.5 Å². The number of pyridine rings is 1. The largest absolute Gasteiger partial charge is 0.573 e. The van der Waals surface area contributed by atoms with Crippen LogP contribution in [0.25, 0.3) is 22.6 Å². The maximum atomic E-state index is 12.1. The summed E-state index contributed by atoms with van der Waals surface area (Å²) < 4.78 is 45.3. The van der Waals surface area contributed by atoms with E-state index < -0.39 is 6.36 Å². The van der Waals surface area contributed by atoms with Crippen molar-refractivity contribution in [1.29, 1.82) is 0 Å². The molecule has 0 fully saturated rings. The second kappa shape index (κ2) is 5.64. The number of benzene rings is 1. The fourth-order valence-corrected chi connectivity index (χ4v) is 1.94. The number of ether oxygens (including phenoxy) is 1. The van der Waals surface area contributed by atoms with E-state index in [4.69, 9.17) is 4.52 Å². The van der Waals surface area contributed by atoms with E-state index >= 15 is 0 Å². The number of rotatable bonds is 3. The standard InChI is InChI=1S/C15H9F3N2O3/c16-15(17,18)22-11-4-1-9(2-5-11)12-7-13(23-20-12)10-3-6-14(21)19-8-10/h1-8H,(H,19,21). The van der Waals surface area contributed by atoms with E-state index in [1.54, 1.807) is 12.1 Å². The van der Waals surface area contributed by atoms with Crippen LogP contribution < -0.4 is 10.3 Å². The summed E-state index contributed by atoms with van der Waals surface area (Å²) in [5.41, 5.74) is 1.40. The molecule has 2 heterocycles. The molecule has 3 rings (SSSR count). The average molecular weight is 322 g/mol. The molecule has 3 aromatic rings. The highest BCUT2D eigenvalue weighted by Crippen LogP contribution is 2.28. The Morgan fingerprint density at radius 3 is 2.35 bits per heavy atom. The summed E-state index contributed by atoms with van der Waals surface area (Å²) in [4.78, 5) is 13.5. The van der Waals surface area contributed by atoms with Gasteiger partial charge in [0.05, 0.1) is 0 Å². The second-order valence-electron chi connectivity index (χ2n) is 4.59. The molecule has 2 aromatic heterocycles. The van der Waals surface area contributed by atoms with Gasteiger partial charge in [0, 0.05) is 29.5 Å². The number of halogens is 3. The third-order valence-electron chi connectivity index (χ3n) is 2.96. The highest BCUT2D eigenvalue weighted by atomic mass is 19.4. The molecule has 1 aromatic carbocycles. The molecule has 1 N–H and O–H groups in total. The fraction of sp³-hybridized carbons (Fsp3) is 0.0667. The summed E-state index contributed by atoms with van der Waals surface area (Å²) in [7, 11) is 0. The normalized spacial score (nSPS) is 11.4. The van der Waals surface area contributed by atoms with Crippen molar-refractivity contribution in [2.75, 3.05) is 0 Å². The van der Waals surface area contributed by atoms with Crippen molar-refractivity contribution in [3.05, 3.63) is 59.0 Å². The zero-order valence-electron chi connectivity index (χ0n) is 11.4. The maximum absolute atomic E-state index is 12.1. The van der Waals surface area contributed by atoms with Crippen molar-refractivity contribution in [2.45, 2.75) is 6.36 Å². The Hall–Kier alpha value is -3.03. The van der Waals surface area contributed by atoms with Crippen LogP contribution in [0.1, 0.15) is 0 Å². The van der Waals surface area contributed by atoms with Gasteiger partial charge >= 0.3 is 6.36 Å². The third-order valence-corrected chi connectivity index (χ3v) is 2.96. The SMILES string of the molecule is O=c1ccc(-c2cc(-c3ccc(OC(F)(F)F)cc3)no2)c[nH]1. The average Bonchev–Trinajstić information content (AvgIpc) is 2.97. The first kappa shape index (κ1) is 14.9. The Kier molecular flexibility index (Phi) is 3.65. The highest BCUT2D eigenvalue weighted by molar-refractivity contribution is 5.66. The van der Waals surface area contributed by atoms with Crippen LogP contribution in [0.2, 0.25) is 0 Å². The summed E-state index contributed by atoms with van der Waals surface area (Å²) >= 11 is 0. The van der Waals surface area contributed by atoms with E-state index in [-0.39, 0.29) is 11.3 Å². The number of H-pyrrole nitrogens is 1. The van der Waals surface area contributed by atoms with Crippen LogP contribution in [0.4, 0.5) is 13.2 Å². The second-order valence-corrected chi connectivity index (χ2v) is 4.59. The van der Waals surface area contributed by atoms with E-state index in [0.29, 0.717) is 22.6 Å². The van der Waals surface area contributed by atoms with Crippen LogP contribution in [0.3, 0.4) is 0 Å². The van der Waals surface area contributed by atoms with Crippen molar-refractivity contribution in [1.82, 2.24) is 10.1 Å². The minimum Gasteiger partial charge on any atom is -0.406 e. The lowest BCUT2D eigenvalue weighted by atomic mass is 10.1. The van der Waals surface area contributed by atoms with E-state index in [0.717, 1.165) is 0 Å².